The van der Waals surface area contributed by atoms with Gasteiger partial charge in [0.1, 0.15) is 5.82 Å². The van der Waals surface area contributed by atoms with E-state index in [1.54, 1.807) is 35.3 Å². The summed E-state index contributed by atoms with van der Waals surface area (Å²) >= 11 is 0. The van der Waals surface area contributed by atoms with E-state index in [1.807, 2.05) is 0 Å². The zero-order valence-electron chi connectivity index (χ0n) is 13.6. The van der Waals surface area contributed by atoms with Gasteiger partial charge in [-0.25, -0.2) is 4.68 Å². The number of nitro benzene ring substituents is 1. The van der Waals surface area contributed by atoms with Crippen LogP contribution >= 0.6 is 0 Å². The van der Waals surface area contributed by atoms with Gasteiger partial charge in [0, 0.05) is 43.2 Å². The molecule has 1 aromatic carbocycles. The Kier molecular flexibility index (Phi) is 5.13. The van der Waals surface area contributed by atoms with Crippen molar-refractivity contribution < 1.29 is 9.72 Å². The van der Waals surface area contributed by atoms with Gasteiger partial charge in [0.15, 0.2) is 5.82 Å². The van der Waals surface area contributed by atoms with Crippen LogP contribution in [0.5, 0.6) is 0 Å². The van der Waals surface area contributed by atoms with Gasteiger partial charge in [-0.15, -0.1) is 10.2 Å². The molecule has 2 N–H and O–H groups in total. The second kappa shape index (κ2) is 7.83. The van der Waals surface area contributed by atoms with E-state index in [-0.39, 0.29) is 17.2 Å². The normalized spacial score (nSPS) is 10.3. The smallest absolute Gasteiger partial charge is 0.270 e. The lowest BCUT2D eigenvalue weighted by atomic mass is 10.2. The Morgan fingerprint density at radius 3 is 2.73 bits per heavy atom. The highest BCUT2D eigenvalue weighted by Gasteiger charge is 2.10. The zero-order valence-corrected chi connectivity index (χ0v) is 13.6. The summed E-state index contributed by atoms with van der Waals surface area (Å²) in [5.41, 5.74) is 0.117. The molecule has 0 aliphatic carbocycles. The minimum atomic E-state index is -0.538. The summed E-state index contributed by atoms with van der Waals surface area (Å²) in [5, 5.41) is 28.6. The molecular weight excluding hydrogens is 338 g/mol. The number of nitrogens with zero attached hydrogens (tertiary/aromatic N) is 5. The van der Waals surface area contributed by atoms with Crippen LogP contribution in [0.4, 0.5) is 11.5 Å². The SMILES string of the molecule is O=C(NCCNc1ccc(-n2cccn2)nn1)c1cccc([N+](=O)[O-])c1. The number of carbonyl (C=O) groups is 1. The number of hydrogen-bond donors (Lipinski definition) is 2. The van der Waals surface area contributed by atoms with Crippen LogP contribution < -0.4 is 10.6 Å². The second-order valence-corrected chi connectivity index (χ2v) is 5.22. The highest BCUT2D eigenvalue weighted by molar-refractivity contribution is 5.94. The van der Waals surface area contributed by atoms with E-state index in [0.29, 0.717) is 24.7 Å². The van der Waals surface area contributed by atoms with Crippen molar-refractivity contribution in [2.75, 3.05) is 18.4 Å². The number of anilines is 1. The Bertz CT molecular complexity index is 894. The summed E-state index contributed by atoms with van der Waals surface area (Å²) in [4.78, 5) is 22.2. The van der Waals surface area contributed by atoms with Crippen LogP contribution in [-0.2, 0) is 0 Å². The largest absolute Gasteiger partial charge is 0.367 e. The molecule has 0 aliphatic rings. The lowest BCUT2D eigenvalue weighted by Gasteiger charge is -2.07. The quantitative estimate of drug-likeness (QED) is 0.373. The van der Waals surface area contributed by atoms with Crippen LogP contribution in [0.1, 0.15) is 10.4 Å². The van der Waals surface area contributed by atoms with Crippen molar-refractivity contribution >= 4 is 17.4 Å². The summed E-state index contributed by atoms with van der Waals surface area (Å²) < 4.78 is 1.59. The predicted octanol–water partition coefficient (Wildman–Crippen LogP) is 1.41. The first-order chi connectivity index (χ1) is 12.6. The van der Waals surface area contributed by atoms with Crippen molar-refractivity contribution in [2.24, 2.45) is 0 Å². The van der Waals surface area contributed by atoms with E-state index in [0.717, 1.165) is 0 Å². The topological polar surface area (TPSA) is 128 Å². The molecule has 0 bridgehead atoms. The van der Waals surface area contributed by atoms with Crippen LogP contribution in [0.15, 0.2) is 54.9 Å². The summed E-state index contributed by atoms with van der Waals surface area (Å²) in [6.45, 7) is 0.751. The van der Waals surface area contributed by atoms with E-state index < -0.39 is 4.92 Å². The van der Waals surface area contributed by atoms with E-state index in [1.165, 1.54) is 24.3 Å². The number of nitro groups is 1. The van der Waals surface area contributed by atoms with Gasteiger partial charge in [-0.2, -0.15) is 5.10 Å². The number of non-ortho nitro benzene ring substituents is 1. The minimum Gasteiger partial charge on any atom is -0.367 e. The Morgan fingerprint density at radius 1 is 1.15 bits per heavy atom. The van der Waals surface area contributed by atoms with Crippen molar-refractivity contribution in [3.05, 3.63) is 70.5 Å². The molecule has 0 saturated heterocycles. The van der Waals surface area contributed by atoms with Crippen LogP contribution in [0.2, 0.25) is 0 Å². The number of rotatable bonds is 7. The lowest BCUT2D eigenvalue weighted by molar-refractivity contribution is -0.384. The van der Waals surface area contributed by atoms with Crippen LogP contribution in [0, 0.1) is 10.1 Å². The van der Waals surface area contributed by atoms with Gasteiger partial charge in [0.05, 0.1) is 4.92 Å². The fraction of sp³-hybridized carbons (Fsp3) is 0.125. The molecule has 0 fully saturated rings. The summed E-state index contributed by atoms with van der Waals surface area (Å²) in [7, 11) is 0. The Labute approximate surface area is 148 Å². The van der Waals surface area contributed by atoms with Crippen molar-refractivity contribution in [1.29, 1.82) is 0 Å². The average molecular weight is 353 g/mol. The highest BCUT2D eigenvalue weighted by atomic mass is 16.6. The Morgan fingerprint density at radius 2 is 2.04 bits per heavy atom. The lowest BCUT2D eigenvalue weighted by Crippen LogP contribution is -2.29. The molecule has 0 spiro atoms. The van der Waals surface area contributed by atoms with Gasteiger partial charge in [-0.1, -0.05) is 6.07 Å². The number of carbonyl (C=O) groups excluding carboxylic acids is 1. The molecule has 3 aromatic rings. The van der Waals surface area contributed by atoms with Crippen LogP contribution in [-0.4, -0.2) is 43.9 Å². The molecular formula is C16H15N7O3. The number of hydrogen-bond acceptors (Lipinski definition) is 7. The van der Waals surface area contributed by atoms with Gasteiger partial charge in [0.2, 0.25) is 0 Å². The first-order valence-electron chi connectivity index (χ1n) is 7.74. The van der Waals surface area contributed by atoms with E-state index >= 15 is 0 Å². The van der Waals surface area contributed by atoms with Crippen molar-refractivity contribution in [3.63, 3.8) is 0 Å². The maximum atomic E-state index is 12.0. The molecule has 132 valence electrons. The van der Waals surface area contributed by atoms with Crippen molar-refractivity contribution in [3.8, 4) is 5.82 Å². The standard InChI is InChI=1S/C16H15N7O3/c24-16(12-3-1-4-13(11-12)23(25)26)18-9-8-17-14-5-6-15(21-20-14)22-10-2-7-19-22/h1-7,10-11H,8-9H2,(H,17,20)(H,18,24). The second-order valence-electron chi connectivity index (χ2n) is 5.22. The van der Waals surface area contributed by atoms with Gasteiger partial charge in [-0.05, 0) is 24.3 Å². The Hall–Kier alpha value is -3.82. The summed E-state index contributed by atoms with van der Waals surface area (Å²) in [5.74, 6) is 0.778. The number of benzene rings is 1. The number of aromatic nitrogens is 4. The van der Waals surface area contributed by atoms with Gasteiger partial charge < -0.3 is 10.6 Å². The molecule has 0 unspecified atom stereocenters. The monoisotopic (exact) mass is 353 g/mol. The average Bonchev–Trinajstić information content (AvgIpc) is 3.20. The predicted molar refractivity (Wildman–Crippen MR) is 93.1 cm³/mol. The highest BCUT2D eigenvalue weighted by Crippen LogP contribution is 2.12. The first kappa shape index (κ1) is 17.0. The van der Waals surface area contributed by atoms with Crippen LogP contribution in [0.3, 0.4) is 0 Å². The summed E-state index contributed by atoms with van der Waals surface area (Å²) in [6, 6.07) is 10.9. The Balaban J connectivity index is 1.47. The molecule has 10 nitrogen and oxygen atoms in total. The third-order valence-corrected chi connectivity index (χ3v) is 3.43. The maximum absolute atomic E-state index is 12.0. The minimum absolute atomic E-state index is 0.122. The maximum Gasteiger partial charge on any atom is 0.270 e. The van der Waals surface area contributed by atoms with Crippen LogP contribution in [0.25, 0.3) is 5.82 Å². The third kappa shape index (κ3) is 4.17. The molecule has 2 aromatic heterocycles. The molecule has 0 atom stereocenters. The van der Waals surface area contributed by atoms with E-state index in [2.05, 4.69) is 25.9 Å². The van der Waals surface area contributed by atoms with Gasteiger partial charge >= 0.3 is 0 Å². The third-order valence-electron chi connectivity index (χ3n) is 3.43. The number of nitrogens with one attached hydrogen (secondary N) is 2. The molecule has 0 radical (unpaired) electrons. The molecule has 0 saturated carbocycles. The first-order valence-corrected chi connectivity index (χ1v) is 7.74. The zero-order chi connectivity index (χ0) is 18.4. The van der Waals surface area contributed by atoms with Crippen molar-refractivity contribution in [2.45, 2.75) is 0 Å². The summed E-state index contributed by atoms with van der Waals surface area (Å²) in [6.07, 6.45) is 3.42. The van der Waals surface area contributed by atoms with Crippen molar-refractivity contribution in [1.82, 2.24) is 25.3 Å². The number of amides is 1. The molecule has 2 heterocycles. The van der Waals surface area contributed by atoms with E-state index in [4.69, 9.17) is 0 Å². The van der Waals surface area contributed by atoms with E-state index in [9.17, 15) is 14.9 Å². The molecule has 3 rings (SSSR count). The fourth-order valence-electron chi connectivity index (χ4n) is 2.18. The fourth-order valence-corrected chi connectivity index (χ4v) is 2.18. The van der Waals surface area contributed by atoms with Gasteiger partial charge in [-0.3, -0.25) is 14.9 Å². The molecule has 26 heavy (non-hydrogen) atoms. The molecule has 0 aliphatic heterocycles. The molecule has 10 heteroatoms. The molecule has 1 amide bonds. The van der Waals surface area contributed by atoms with Gasteiger partial charge in [0.25, 0.3) is 11.6 Å².